The Morgan fingerprint density at radius 2 is 1.92 bits per heavy atom. The highest BCUT2D eigenvalue weighted by molar-refractivity contribution is 14.0. The van der Waals surface area contributed by atoms with Crippen LogP contribution in [0.2, 0.25) is 5.02 Å². The first-order chi connectivity index (χ1) is 11.5. The molecule has 0 radical (unpaired) electrons. The SMILES string of the molecule is CN1CC=C([NH2+]CCCCCCO)c2ccc(Cl)cc21.I.O=[N+]([O-])[O-]. The minimum atomic E-state index is -1.75. The number of halogens is 2. The molecule has 1 aromatic carbocycles. The van der Waals surface area contributed by atoms with Gasteiger partial charge < -0.3 is 30.6 Å². The van der Waals surface area contributed by atoms with E-state index in [4.69, 9.17) is 32.0 Å². The Hall–Kier alpha value is -1.10. The van der Waals surface area contributed by atoms with Crippen LogP contribution in [0.25, 0.3) is 5.70 Å². The molecule has 0 saturated heterocycles. The minimum absolute atomic E-state index is 0. The highest BCUT2D eigenvalue weighted by atomic mass is 127. The Morgan fingerprint density at radius 1 is 1.28 bits per heavy atom. The molecule has 9 heteroatoms. The van der Waals surface area contributed by atoms with Gasteiger partial charge in [-0.2, -0.15) is 0 Å². The van der Waals surface area contributed by atoms with E-state index >= 15 is 0 Å². The van der Waals surface area contributed by atoms with Gasteiger partial charge in [0.2, 0.25) is 0 Å². The van der Waals surface area contributed by atoms with Gasteiger partial charge in [0.1, 0.15) is 5.70 Å². The minimum Gasteiger partial charge on any atom is -0.396 e. The molecule has 7 nitrogen and oxygen atoms in total. The molecular formula is C16H25ClIN3O4. The quantitative estimate of drug-likeness (QED) is 0.267. The molecule has 1 heterocycles. The average molecular weight is 486 g/mol. The Kier molecular flexibility index (Phi) is 12.6. The zero-order valence-electron chi connectivity index (χ0n) is 14.2. The fourth-order valence-corrected chi connectivity index (χ4v) is 2.74. The van der Waals surface area contributed by atoms with E-state index < -0.39 is 5.09 Å². The maximum absolute atomic E-state index is 8.75. The summed E-state index contributed by atoms with van der Waals surface area (Å²) in [4.78, 5) is 10.5. The number of nitrogens with zero attached hydrogens (tertiary/aromatic N) is 2. The fourth-order valence-electron chi connectivity index (χ4n) is 2.57. The van der Waals surface area contributed by atoms with Crippen LogP contribution in [0.3, 0.4) is 0 Å². The molecule has 0 fully saturated rings. The smallest absolute Gasteiger partial charge is 0.136 e. The third-order valence-corrected chi connectivity index (χ3v) is 3.98. The maximum Gasteiger partial charge on any atom is 0.136 e. The molecule has 1 aromatic rings. The standard InChI is InChI=1S/C16H23ClN2O.HI.NO3/c1-19-10-8-15(18-9-4-2-3-5-11-20)14-7-6-13(17)12-16(14)19;;2-1(3)4/h6-8,12,18,20H,2-5,9-11H2,1H3;1H;/q;;-1/p+1. The molecule has 0 unspecified atom stereocenters. The fraction of sp³-hybridized carbons (Fsp3) is 0.500. The van der Waals surface area contributed by atoms with Crippen LogP contribution < -0.4 is 10.2 Å². The van der Waals surface area contributed by atoms with E-state index in [9.17, 15) is 0 Å². The van der Waals surface area contributed by atoms with Crippen LogP contribution in [-0.2, 0) is 0 Å². The van der Waals surface area contributed by atoms with E-state index in [1.54, 1.807) is 0 Å². The largest absolute Gasteiger partial charge is 0.396 e. The van der Waals surface area contributed by atoms with Crippen molar-refractivity contribution in [1.82, 2.24) is 0 Å². The van der Waals surface area contributed by atoms with Crippen molar-refractivity contribution in [3.05, 3.63) is 50.2 Å². The van der Waals surface area contributed by atoms with Crippen LogP contribution in [0.5, 0.6) is 0 Å². The summed E-state index contributed by atoms with van der Waals surface area (Å²) in [7, 11) is 2.09. The number of hydrogen-bond acceptors (Lipinski definition) is 5. The van der Waals surface area contributed by atoms with Crippen LogP contribution in [0, 0.1) is 15.3 Å². The van der Waals surface area contributed by atoms with E-state index in [-0.39, 0.29) is 24.0 Å². The number of anilines is 1. The van der Waals surface area contributed by atoms with Gasteiger partial charge in [-0.25, -0.2) is 0 Å². The molecular weight excluding hydrogens is 461 g/mol. The number of hydrogen-bond donors (Lipinski definition) is 2. The molecule has 25 heavy (non-hydrogen) atoms. The van der Waals surface area contributed by atoms with E-state index in [2.05, 4.69) is 29.4 Å². The van der Waals surface area contributed by atoms with Gasteiger partial charge >= 0.3 is 0 Å². The number of nitrogens with two attached hydrogens (primary N) is 1. The van der Waals surface area contributed by atoms with E-state index in [1.165, 1.54) is 29.8 Å². The number of unbranched alkanes of at least 4 members (excludes halogenated alkanes) is 3. The van der Waals surface area contributed by atoms with Gasteiger partial charge in [0.15, 0.2) is 0 Å². The third kappa shape index (κ3) is 9.24. The Balaban J connectivity index is 0.00000104. The zero-order valence-corrected chi connectivity index (χ0v) is 17.3. The van der Waals surface area contributed by atoms with Crippen LogP contribution in [0.1, 0.15) is 31.2 Å². The van der Waals surface area contributed by atoms with E-state index in [0.717, 1.165) is 31.0 Å². The Bertz CT molecular complexity index is 568. The predicted octanol–water partition coefficient (Wildman–Crippen LogP) is 2.63. The number of aliphatic hydroxyl groups excluding tert-OH is 1. The van der Waals surface area contributed by atoms with Gasteiger partial charge in [0.25, 0.3) is 0 Å². The first kappa shape index (κ1) is 23.9. The van der Waals surface area contributed by atoms with Crippen molar-refractivity contribution in [3.8, 4) is 0 Å². The molecule has 2 rings (SSSR count). The Morgan fingerprint density at radius 3 is 2.56 bits per heavy atom. The van der Waals surface area contributed by atoms with Crippen molar-refractivity contribution in [1.29, 1.82) is 0 Å². The second-order valence-corrected chi connectivity index (χ2v) is 5.99. The van der Waals surface area contributed by atoms with Crippen LogP contribution in [-0.4, -0.2) is 36.9 Å². The van der Waals surface area contributed by atoms with E-state index in [1.807, 2.05) is 12.1 Å². The van der Waals surface area contributed by atoms with Gasteiger partial charge in [-0.1, -0.05) is 18.0 Å². The molecule has 1 aliphatic heterocycles. The van der Waals surface area contributed by atoms with E-state index in [0.29, 0.717) is 6.61 Å². The lowest BCUT2D eigenvalue weighted by atomic mass is 10.0. The van der Waals surface area contributed by atoms with Crippen LogP contribution in [0.4, 0.5) is 5.69 Å². The topological polar surface area (TPSA) is 106 Å². The summed E-state index contributed by atoms with van der Waals surface area (Å²) < 4.78 is 0. The lowest BCUT2D eigenvalue weighted by Gasteiger charge is -2.25. The first-order valence-corrected chi connectivity index (χ1v) is 8.30. The number of fused-ring (bicyclic) bond motifs is 1. The molecule has 3 N–H and O–H groups in total. The Labute approximate surface area is 169 Å². The van der Waals surface area contributed by atoms with Crippen molar-refractivity contribution in [2.24, 2.45) is 0 Å². The molecule has 0 bridgehead atoms. The van der Waals surface area contributed by atoms with Crippen molar-refractivity contribution in [2.75, 3.05) is 31.6 Å². The lowest BCUT2D eigenvalue weighted by Crippen LogP contribution is -2.81. The molecule has 0 atom stereocenters. The molecule has 142 valence electrons. The zero-order chi connectivity index (χ0) is 17.9. The summed E-state index contributed by atoms with van der Waals surface area (Å²) >= 11 is 6.09. The van der Waals surface area contributed by atoms with Crippen molar-refractivity contribution >= 4 is 47.0 Å². The number of aliphatic hydroxyl groups is 1. The molecule has 0 aromatic heterocycles. The summed E-state index contributed by atoms with van der Waals surface area (Å²) in [5.41, 5.74) is 3.82. The molecule has 0 saturated carbocycles. The summed E-state index contributed by atoms with van der Waals surface area (Å²) in [5.74, 6) is 0. The highest BCUT2D eigenvalue weighted by Gasteiger charge is 2.18. The highest BCUT2D eigenvalue weighted by Crippen LogP contribution is 2.30. The number of likely N-dealkylation sites (N-methyl/N-ethyl adjacent to an activating group) is 1. The van der Waals surface area contributed by atoms with Crippen LogP contribution in [0.15, 0.2) is 24.3 Å². The second-order valence-electron chi connectivity index (χ2n) is 5.56. The van der Waals surface area contributed by atoms with Crippen molar-refractivity contribution in [3.63, 3.8) is 0 Å². The van der Waals surface area contributed by atoms with Crippen molar-refractivity contribution < 1.29 is 15.5 Å². The van der Waals surface area contributed by atoms with Gasteiger partial charge in [-0.05, 0) is 43.5 Å². The number of quaternary nitrogens is 1. The summed E-state index contributed by atoms with van der Waals surface area (Å²) in [5, 5.41) is 26.6. The monoisotopic (exact) mass is 485 g/mol. The maximum atomic E-state index is 8.75. The predicted molar refractivity (Wildman–Crippen MR) is 111 cm³/mol. The number of rotatable bonds is 7. The summed E-state index contributed by atoms with van der Waals surface area (Å²) in [6.45, 7) is 2.35. The van der Waals surface area contributed by atoms with Crippen LogP contribution >= 0.6 is 35.6 Å². The second kappa shape index (κ2) is 13.2. The number of benzene rings is 1. The molecule has 0 aliphatic carbocycles. The molecule has 0 spiro atoms. The average Bonchev–Trinajstić information content (AvgIpc) is 2.52. The third-order valence-electron chi connectivity index (χ3n) is 3.74. The summed E-state index contributed by atoms with van der Waals surface area (Å²) in [6.07, 6.45) is 6.71. The first-order valence-electron chi connectivity index (χ1n) is 7.92. The molecule has 1 aliphatic rings. The van der Waals surface area contributed by atoms with Gasteiger partial charge in [0.05, 0.1) is 22.9 Å². The normalized spacial score (nSPS) is 12.3. The van der Waals surface area contributed by atoms with Gasteiger partial charge in [-0.15, -0.1) is 24.0 Å². The summed E-state index contributed by atoms with van der Waals surface area (Å²) in [6, 6.07) is 6.11. The lowest BCUT2D eigenvalue weighted by molar-refractivity contribution is -0.563. The van der Waals surface area contributed by atoms with Gasteiger partial charge in [0, 0.05) is 25.2 Å². The molecule has 0 amide bonds. The van der Waals surface area contributed by atoms with Crippen molar-refractivity contribution in [2.45, 2.75) is 25.7 Å². The van der Waals surface area contributed by atoms with Gasteiger partial charge in [-0.3, -0.25) is 0 Å².